The lowest BCUT2D eigenvalue weighted by Crippen LogP contribution is -2.33. The molecule has 2 N–H and O–H groups in total. The molecule has 3 aromatic rings. The van der Waals surface area contributed by atoms with Gasteiger partial charge in [-0.05, 0) is 56.5 Å². The van der Waals surface area contributed by atoms with Gasteiger partial charge in [0.2, 0.25) is 0 Å². The van der Waals surface area contributed by atoms with Crippen LogP contribution in [0, 0.1) is 0 Å². The molecule has 0 spiro atoms. The fourth-order valence-electron chi connectivity index (χ4n) is 3.97. The lowest BCUT2D eigenvalue weighted by molar-refractivity contribution is 0.268. The van der Waals surface area contributed by atoms with Gasteiger partial charge in [0.1, 0.15) is 0 Å². The Morgan fingerprint density at radius 2 is 2.14 bits per heavy atom. The zero-order valence-electron chi connectivity index (χ0n) is 17.6. The zero-order chi connectivity index (χ0) is 20.4. The molecule has 0 saturated carbocycles. The highest BCUT2D eigenvalue weighted by Gasteiger charge is 2.20. The van der Waals surface area contributed by atoms with Crippen LogP contribution >= 0.6 is 0 Å². The molecule has 0 saturated heterocycles. The molecule has 0 fully saturated rings. The van der Waals surface area contributed by atoms with E-state index in [2.05, 4.69) is 59.2 Å². The lowest BCUT2D eigenvalue weighted by Gasteiger charge is -2.30. The van der Waals surface area contributed by atoms with Gasteiger partial charge in [-0.25, -0.2) is 9.50 Å². The van der Waals surface area contributed by atoms with Crippen LogP contribution in [-0.4, -0.2) is 51.2 Å². The first kappa shape index (κ1) is 19.6. The number of hydrogen-bond acceptors (Lipinski definition) is 6. The van der Waals surface area contributed by atoms with E-state index in [9.17, 15) is 0 Å². The highest BCUT2D eigenvalue weighted by molar-refractivity contribution is 5.59. The van der Waals surface area contributed by atoms with E-state index in [0.717, 1.165) is 37.8 Å². The van der Waals surface area contributed by atoms with Crippen LogP contribution < -0.4 is 10.5 Å². The van der Waals surface area contributed by atoms with Gasteiger partial charge >= 0.3 is 6.01 Å². The molecule has 1 atom stereocenters. The van der Waals surface area contributed by atoms with Gasteiger partial charge in [-0.3, -0.25) is 0 Å². The Morgan fingerprint density at radius 1 is 1.28 bits per heavy atom. The number of nitrogen functional groups attached to an aromatic ring is 1. The topological polar surface area (TPSA) is 81.6 Å². The third kappa shape index (κ3) is 4.19. The van der Waals surface area contributed by atoms with Crippen molar-refractivity contribution in [3.05, 3.63) is 46.8 Å². The minimum Gasteiger partial charge on any atom is -0.462 e. The van der Waals surface area contributed by atoms with Crippen LogP contribution in [0.1, 0.15) is 48.6 Å². The van der Waals surface area contributed by atoms with Crippen molar-refractivity contribution in [2.24, 2.45) is 0 Å². The molecule has 2 aromatic heterocycles. The summed E-state index contributed by atoms with van der Waals surface area (Å²) in [5.41, 5.74) is 11.8. The van der Waals surface area contributed by atoms with E-state index in [1.165, 1.54) is 23.1 Å². The van der Waals surface area contributed by atoms with Gasteiger partial charge in [-0.15, -0.1) is 5.10 Å². The summed E-state index contributed by atoms with van der Waals surface area (Å²) in [6, 6.07) is 7.79. The maximum absolute atomic E-state index is 6.08. The van der Waals surface area contributed by atoms with Gasteiger partial charge in [0.05, 0.1) is 18.5 Å². The summed E-state index contributed by atoms with van der Waals surface area (Å²) >= 11 is 0. The van der Waals surface area contributed by atoms with Gasteiger partial charge in [-0.1, -0.05) is 31.5 Å². The standard InChI is InChI=1S/C22H30N6O/c1-4-5-10-29-22-25-20(23)21-24-14-19(28(21)26-22)12-15-6-7-17-13-18(27(2)3)9-8-16(17)11-15/h6-7,11,14,18H,4-5,8-10,12-13H2,1-3H3,(H2,23,25,26). The normalized spacial score (nSPS) is 16.3. The second-order valence-corrected chi connectivity index (χ2v) is 8.11. The predicted octanol–water partition coefficient (Wildman–Crippen LogP) is 2.90. The first-order chi connectivity index (χ1) is 14.0. The molecule has 1 aliphatic rings. The molecule has 1 unspecified atom stereocenters. The van der Waals surface area contributed by atoms with E-state index in [4.69, 9.17) is 10.5 Å². The number of aryl methyl sites for hydroxylation is 1. The van der Waals surface area contributed by atoms with E-state index in [1.807, 2.05) is 6.20 Å². The third-order valence-electron chi connectivity index (χ3n) is 5.76. The number of ether oxygens (including phenoxy) is 1. The number of aromatic nitrogens is 4. The van der Waals surface area contributed by atoms with Crippen molar-refractivity contribution in [1.82, 2.24) is 24.5 Å². The molecule has 0 aliphatic heterocycles. The second kappa shape index (κ2) is 8.37. The van der Waals surface area contributed by atoms with Crippen LogP contribution in [0.15, 0.2) is 24.4 Å². The molecule has 4 rings (SSSR count). The molecule has 154 valence electrons. The summed E-state index contributed by atoms with van der Waals surface area (Å²) in [7, 11) is 4.34. The minimum atomic E-state index is 0.308. The summed E-state index contributed by atoms with van der Waals surface area (Å²) in [5, 5.41) is 4.52. The van der Waals surface area contributed by atoms with Crippen molar-refractivity contribution in [3.63, 3.8) is 0 Å². The third-order valence-corrected chi connectivity index (χ3v) is 5.76. The molecule has 29 heavy (non-hydrogen) atoms. The molecular formula is C22H30N6O. The van der Waals surface area contributed by atoms with E-state index in [0.29, 0.717) is 30.1 Å². The molecule has 1 aliphatic carbocycles. The Kier molecular flexibility index (Phi) is 5.67. The highest BCUT2D eigenvalue weighted by atomic mass is 16.5. The van der Waals surface area contributed by atoms with E-state index < -0.39 is 0 Å². The van der Waals surface area contributed by atoms with Gasteiger partial charge in [-0.2, -0.15) is 4.98 Å². The number of imidazole rings is 1. The smallest absolute Gasteiger partial charge is 0.336 e. The average molecular weight is 395 g/mol. The Morgan fingerprint density at radius 3 is 2.93 bits per heavy atom. The summed E-state index contributed by atoms with van der Waals surface area (Å²) in [6.07, 6.45) is 8.06. The molecule has 7 nitrogen and oxygen atoms in total. The van der Waals surface area contributed by atoms with Crippen molar-refractivity contribution in [2.75, 3.05) is 26.4 Å². The van der Waals surface area contributed by atoms with Crippen molar-refractivity contribution in [2.45, 2.75) is 51.5 Å². The Hall–Kier alpha value is -2.67. The zero-order valence-corrected chi connectivity index (χ0v) is 17.6. The fourth-order valence-corrected chi connectivity index (χ4v) is 3.97. The van der Waals surface area contributed by atoms with Crippen molar-refractivity contribution in [3.8, 4) is 6.01 Å². The molecule has 0 bridgehead atoms. The number of rotatable bonds is 7. The quantitative estimate of drug-likeness (QED) is 0.621. The van der Waals surface area contributed by atoms with Crippen LogP contribution in [0.2, 0.25) is 0 Å². The highest BCUT2D eigenvalue weighted by Crippen LogP contribution is 2.26. The molecule has 0 radical (unpaired) electrons. The van der Waals surface area contributed by atoms with Gasteiger partial charge in [0.25, 0.3) is 0 Å². The molecular weight excluding hydrogens is 364 g/mol. The monoisotopic (exact) mass is 394 g/mol. The molecule has 0 amide bonds. The predicted molar refractivity (Wildman–Crippen MR) is 114 cm³/mol. The summed E-state index contributed by atoms with van der Waals surface area (Å²) in [5.74, 6) is 0.345. The fraction of sp³-hybridized carbons (Fsp3) is 0.500. The molecule has 1 aromatic carbocycles. The maximum Gasteiger partial charge on any atom is 0.336 e. The number of unbranched alkanes of at least 4 members (excludes halogenated alkanes) is 1. The Balaban J connectivity index is 1.56. The second-order valence-electron chi connectivity index (χ2n) is 8.11. The van der Waals surface area contributed by atoms with Crippen molar-refractivity contribution in [1.29, 1.82) is 0 Å². The molecule has 7 heteroatoms. The number of anilines is 1. The average Bonchev–Trinajstić information content (AvgIpc) is 3.11. The van der Waals surface area contributed by atoms with Gasteiger partial charge in [0.15, 0.2) is 11.5 Å². The van der Waals surface area contributed by atoms with Gasteiger partial charge < -0.3 is 15.4 Å². The number of hydrogen-bond donors (Lipinski definition) is 1. The lowest BCUT2D eigenvalue weighted by atomic mass is 9.86. The number of nitrogens with two attached hydrogens (primary N) is 1. The Bertz CT molecular complexity index is 996. The van der Waals surface area contributed by atoms with Crippen LogP contribution in [0.4, 0.5) is 5.82 Å². The SMILES string of the molecule is CCCCOc1nc(N)c2ncc(Cc3ccc4c(c3)CCC(N(C)C)C4)n2n1. The minimum absolute atomic E-state index is 0.308. The first-order valence-electron chi connectivity index (χ1n) is 10.4. The maximum atomic E-state index is 6.08. The Labute approximate surface area is 171 Å². The number of fused-ring (bicyclic) bond motifs is 2. The van der Waals surface area contributed by atoms with Crippen molar-refractivity contribution < 1.29 is 4.74 Å². The number of likely N-dealkylation sites (N-methyl/N-ethyl adjacent to an activating group) is 1. The van der Waals surface area contributed by atoms with E-state index in [-0.39, 0.29) is 0 Å². The van der Waals surface area contributed by atoms with Crippen LogP contribution in [0.25, 0.3) is 5.65 Å². The summed E-state index contributed by atoms with van der Waals surface area (Å²) < 4.78 is 7.43. The number of benzene rings is 1. The van der Waals surface area contributed by atoms with E-state index in [1.54, 1.807) is 4.52 Å². The van der Waals surface area contributed by atoms with Gasteiger partial charge in [0, 0.05) is 12.5 Å². The molecule has 2 heterocycles. The summed E-state index contributed by atoms with van der Waals surface area (Å²) in [4.78, 5) is 11.0. The number of nitrogens with zero attached hydrogens (tertiary/aromatic N) is 5. The van der Waals surface area contributed by atoms with Crippen LogP contribution in [-0.2, 0) is 19.3 Å². The van der Waals surface area contributed by atoms with Crippen molar-refractivity contribution >= 4 is 11.5 Å². The first-order valence-corrected chi connectivity index (χ1v) is 10.4. The largest absolute Gasteiger partial charge is 0.462 e. The van der Waals surface area contributed by atoms with Crippen LogP contribution in [0.5, 0.6) is 6.01 Å². The van der Waals surface area contributed by atoms with Crippen LogP contribution in [0.3, 0.4) is 0 Å². The van der Waals surface area contributed by atoms with E-state index >= 15 is 0 Å². The summed E-state index contributed by atoms with van der Waals surface area (Å²) in [6.45, 7) is 2.71.